The van der Waals surface area contributed by atoms with Gasteiger partial charge in [0.2, 0.25) is 0 Å². The maximum absolute atomic E-state index is 12.4. The van der Waals surface area contributed by atoms with Crippen LogP contribution in [0.2, 0.25) is 0 Å². The Balaban J connectivity index is 1.79. The Morgan fingerprint density at radius 1 is 1.29 bits per heavy atom. The van der Waals surface area contributed by atoms with Crippen molar-refractivity contribution in [1.29, 1.82) is 5.26 Å². The van der Waals surface area contributed by atoms with E-state index in [-0.39, 0.29) is 24.8 Å². The minimum Gasteiger partial charge on any atom is -0.491 e. The fourth-order valence-electron chi connectivity index (χ4n) is 2.45. The number of nitrogens with zero attached hydrogens (tertiary/aromatic N) is 3. The summed E-state index contributed by atoms with van der Waals surface area (Å²) in [6.07, 6.45) is 1.97. The van der Waals surface area contributed by atoms with E-state index in [1.807, 2.05) is 12.1 Å². The van der Waals surface area contributed by atoms with Crippen LogP contribution >= 0.6 is 0 Å². The molecule has 1 N–H and O–H groups in total. The Bertz CT molecular complexity index is 875. The number of hydrogen-bond donors (Lipinski definition) is 1. The summed E-state index contributed by atoms with van der Waals surface area (Å²) in [5.41, 5.74) is -1.28. The lowest BCUT2D eigenvalue weighted by Crippen LogP contribution is -2.44. The molecule has 7 heteroatoms. The molecule has 1 fully saturated rings. The highest BCUT2D eigenvalue weighted by molar-refractivity contribution is 5.23. The standard InChI is InChI=1S/C17H17N3O4/c18-8-12-9-19(13-6-7-13)17(23)20(16(12)22)10-14(21)11-24-15-4-2-1-3-5-15/h1-5,9,13-14,21H,6-7,10-11H2. The molecular formula is C17H17N3O4. The molecule has 0 radical (unpaired) electrons. The number of para-hydroxylation sites is 1. The molecule has 1 aliphatic carbocycles. The number of hydrogen-bond acceptors (Lipinski definition) is 5. The molecule has 2 aromatic rings. The van der Waals surface area contributed by atoms with Gasteiger partial charge in [-0.2, -0.15) is 5.26 Å². The molecule has 7 nitrogen and oxygen atoms in total. The van der Waals surface area contributed by atoms with Crippen LogP contribution in [0.1, 0.15) is 24.4 Å². The monoisotopic (exact) mass is 327 g/mol. The van der Waals surface area contributed by atoms with Crippen LogP contribution in [0.25, 0.3) is 0 Å². The predicted molar refractivity (Wildman–Crippen MR) is 85.9 cm³/mol. The van der Waals surface area contributed by atoms with Crippen LogP contribution in [0, 0.1) is 11.3 Å². The first-order chi connectivity index (χ1) is 11.6. The van der Waals surface area contributed by atoms with Gasteiger partial charge in [-0.25, -0.2) is 4.79 Å². The number of ether oxygens (including phenoxy) is 1. The summed E-state index contributed by atoms with van der Waals surface area (Å²) >= 11 is 0. The van der Waals surface area contributed by atoms with Crippen LogP contribution in [-0.2, 0) is 6.54 Å². The summed E-state index contributed by atoms with van der Waals surface area (Å²) in [7, 11) is 0. The molecular weight excluding hydrogens is 310 g/mol. The Labute approximate surface area is 138 Å². The Hall–Kier alpha value is -2.85. The molecule has 1 aliphatic rings. The predicted octanol–water partition coefficient (Wildman–Crippen LogP) is 0.656. The summed E-state index contributed by atoms with van der Waals surface area (Å²) < 4.78 is 7.75. The molecule has 3 rings (SSSR count). The maximum atomic E-state index is 12.4. The number of rotatable bonds is 6. The van der Waals surface area contributed by atoms with E-state index >= 15 is 0 Å². The minimum absolute atomic E-state index is 0.0363. The van der Waals surface area contributed by atoms with Gasteiger partial charge in [0.25, 0.3) is 5.56 Å². The highest BCUT2D eigenvalue weighted by Crippen LogP contribution is 2.33. The number of aliphatic hydroxyl groups excluding tert-OH is 1. The van der Waals surface area contributed by atoms with Crippen LogP contribution in [0.3, 0.4) is 0 Å². The smallest absolute Gasteiger partial charge is 0.331 e. The molecule has 1 saturated carbocycles. The minimum atomic E-state index is -1.04. The van der Waals surface area contributed by atoms with E-state index in [2.05, 4.69) is 0 Å². The van der Waals surface area contributed by atoms with Crippen molar-refractivity contribution in [2.75, 3.05) is 6.61 Å². The summed E-state index contributed by atoms with van der Waals surface area (Å²) in [5.74, 6) is 0.588. The van der Waals surface area contributed by atoms with E-state index < -0.39 is 17.4 Å². The van der Waals surface area contributed by atoms with Gasteiger partial charge in [-0.1, -0.05) is 18.2 Å². The van der Waals surface area contributed by atoms with E-state index in [1.165, 1.54) is 10.8 Å². The first-order valence-corrected chi connectivity index (χ1v) is 7.72. The third-order valence-electron chi connectivity index (χ3n) is 3.84. The van der Waals surface area contributed by atoms with E-state index in [0.29, 0.717) is 5.75 Å². The van der Waals surface area contributed by atoms with Gasteiger partial charge in [0.05, 0.1) is 6.54 Å². The highest BCUT2D eigenvalue weighted by atomic mass is 16.5. The molecule has 1 unspecified atom stereocenters. The van der Waals surface area contributed by atoms with Gasteiger partial charge in [-0.05, 0) is 25.0 Å². The van der Waals surface area contributed by atoms with E-state index in [9.17, 15) is 14.7 Å². The van der Waals surface area contributed by atoms with Crippen molar-refractivity contribution in [2.45, 2.75) is 31.5 Å². The van der Waals surface area contributed by atoms with Gasteiger partial charge < -0.3 is 9.84 Å². The van der Waals surface area contributed by atoms with Gasteiger partial charge in [0, 0.05) is 12.2 Å². The number of benzene rings is 1. The van der Waals surface area contributed by atoms with Crippen molar-refractivity contribution in [3.05, 3.63) is 62.9 Å². The van der Waals surface area contributed by atoms with Crippen molar-refractivity contribution in [3.63, 3.8) is 0 Å². The van der Waals surface area contributed by atoms with Gasteiger partial charge in [0.1, 0.15) is 30.1 Å². The van der Waals surface area contributed by atoms with Crippen LogP contribution in [-0.4, -0.2) is 27.0 Å². The van der Waals surface area contributed by atoms with Gasteiger partial charge in [-0.3, -0.25) is 13.9 Å². The van der Waals surface area contributed by atoms with Crippen LogP contribution in [0.5, 0.6) is 5.75 Å². The average molecular weight is 327 g/mol. The topological polar surface area (TPSA) is 97.2 Å². The normalized spacial score (nSPS) is 14.8. The average Bonchev–Trinajstić information content (AvgIpc) is 3.43. The third-order valence-corrected chi connectivity index (χ3v) is 3.84. The van der Waals surface area contributed by atoms with Crippen LogP contribution in [0.15, 0.2) is 46.1 Å². The molecule has 124 valence electrons. The second-order valence-electron chi connectivity index (χ2n) is 5.77. The molecule has 0 saturated heterocycles. The maximum Gasteiger partial charge on any atom is 0.331 e. The SMILES string of the molecule is N#Cc1cn(C2CC2)c(=O)n(CC(O)COc2ccccc2)c1=O. The van der Waals surface area contributed by atoms with Crippen molar-refractivity contribution in [3.8, 4) is 11.8 Å². The summed E-state index contributed by atoms with van der Waals surface area (Å²) in [5, 5.41) is 19.2. The van der Waals surface area contributed by atoms with Gasteiger partial charge in [-0.15, -0.1) is 0 Å². The summed E-state index contributed by atoms with van der Waals surface area (Å²) in [6, 6.07) is 10.8. The quantitative estimate of drug-likeness (QED) is 0.840. The zero-order valence-corrected chi connectivity index (χ0v) is 13.0. The third kappa shape index (κ3) is 3.39. The van der Waals surface area contributed by atoms with E-state index in [1.54, 1.807) is 24.3 Å². The number of aliphatic hydroxyl groups is 1. The fraction of sp³-hybridized carbons (Fsp3) is 0.353. The lowest BCUT2D eigenvalue weighted by atomic mass is 10.3. The lowest BCUT2D eigenvalue weighted by molar-refractivity contribution is 0.0899. The second kappa shape index (κ2) is 6.72. The molecule has 1 aromatic carbocycles. The zero-order valence-electron chi connectivity index (χ0n) is 13.0. The fourth-order valence-corrected chi connectivity index (χ4v) is 2.45. The van der Waals surface area contributed by atoms with Crippen LogP contribution < -0.4 is 16.0 Å². The molecule has 24 heavy (non-hydrogen) atoms. The largest absolute Gasteiger partial charge is 0.491 e. The van der Waals surface area contributed by atoms with Crippen molar-refractivity contribution in [1.82, 2.24) is 9.13 Å². The molecule has 1 heterocycles. The van der Waals surface area contributed by atoms with Gasteiger partial charge >= 0.3 is 5.69 Å². The van der Waals surface area contributed by atoms with E-state index in [4.69, 9.17) is 10.00 Å². The molecule has 0 aliphatic heterocycles. The Kier molecular flexibility index (Phi) is 4.49. The summed E-state index contributed by atoms with van der Waals surface area (Å²) in [6.45, 7) is -0.275. The first kappa shape index (κ1) is 16.0. The Morgan fingerprint density at radius 3 is 2.62 bits per heavy atom. The Morgan fingerprint density at radius 2 is 2.00 bits per heavy atom. The molecule has 0 bridgehead atoms. The van der Waals surface area contributed by atoms with Crippen molar-refractivity contribution in [2.24, 2.45) is 0 Å². The molecule has 1 atom stereocenters. The number of aromatic nitrogens is 2. The molecule has 0 spiro atoms. The molecule has 0 amide bonds. The first-order valence-electron chi connectivity index (χ1n) is 7.72. The molecule has 1 aromatic heterocycles. The van der Waals surface area contributed by atoms with Crippen molar-refractivity contribution < 1.29 is 9.84 Å². The highest BCUT2D eigenvalue weighted by Gasteiger charge is 2.27. The van der Waals surface area contributed by atoms with Crippen molar-refractivity contribution >= 4 is 0 Å². The van der Waals surface area contributed by atoms with Crippen LogP contribution in [0.4, 0.5) is 0 Å². The van der Waals surface area contributed by atoms with Gasteiger partial charge in [0.15, 0.2) is 0 Å². The lowest BCUT2D eigenvalue weighted by Gasteiger charge is -2.15. The second-order valence-corrected chi connectivity index (χ2v) is 5.77. The number of nitriles is 1. The zero-order chi connectivity index (χ0) is 17.1. The van der Waals surface area contributed by atoms with E-state index in [0.717, 1.165) is 17.4 Å². The summed E-state index contributed by atoms with van der Waals surface area (Å²) in [4.78, 5) is 24.6.